The van der Waals surface area contributed by atoms with E-state index < -0.39 is 0 Å². The van der Waals surface area contributed by atoms with Gasteiger partial charge in [0, 0.05) is 12.1 Å². The van der Waals surface area contributed by atoms with Gasteiger partial charge < -0.3 is 14.7 Å². The van der Waals surface area contributed by atoms with Crippen LogP contribution < -0.4 is 5.32 Å². The number of nitrogens with one attached hydrogen (secondary N) is 1. The van der Waals surface area contributed by atoms with Crippen molar-refractivity contribution in [2.24, 2.45) is 11.8 Å². The van der Waals surface area contributed by atoms with E-state index in [0.29, 0.717) is 12.5 Å². The Hall–Kier alpha value is -1.10. The molecule has 0 saturated carbocycles. The van der Waals surface area contributed by atoms with Gasteiger partial charge >= 0.3 is 0 Å². The van der Waals surface area contributed by atoms with Gasteiger partial charge in [-0.3, -0.25) is 4.79 Å². The first-order valence-electron chi connectivity index (χ1n) is 10.9. The van der Waals surface area contributed by atoms with E-state index in [1.165, 1.54) is 24.8 Å². The summed E-state index contributed by atoms with van der Waals surface area (Å²) in [4.78, 5) is 14.6. The number of carbonyl (C=O) groups is 1. The van der Waals surface area contributed by atoms with Crippen molar-refractivity contribution in [3.05, 3.63) is 35.4 Å². The number of hydrogen-bond acceptors (Lipinski definition) is 2. The third kappa shape index (κ3) is 12.9. The smallest absolute Gasteiger partial charge is 0.251 e. The van der Waals surface area contributed by atoms with Gasteiger partial charge in [0.15, 0.2) is 0 Å². The van der Waals surface area contributed by atoms with Crippen LogP contribution in [-0.2, 0) is 6.42 Å². The van der Waals surface area contributed by atoms with Crippen molar-refractivity contribution in [3.8, 4) is 0 Å². The second kappa shape index (κ2) is 14.0. The molecule has 0 fully saturated rings. The number of carbonyl (C=O) groups excluding carboxylic acids is 1. The fourth-order valence-corrected chi connectivity index (χ4v) is 3.33. The van der Waals surface area contributed by atoms with Crippen LogP contribution in [0.3, 0.4) is 0 Å². The maximum absolute atomic E-state index is 12.4. The van der Waals surface area contributed by atoms with E-state index in [4.69, 9.17) is 0 Å². The molecule has 1 atom stereocenters. The number of halogens is 1. The number of nitrogens with zero attached hydrogens (tertiary/aromatic N) is 2. The zero-order valence-electron chi connectivity index (χ0n) is 19.8. The minimum absolute atomic E-state index is 0. The Kier molecular flexibility index (Phi) is 13.5. The standard InChI is InChI=1S/C24H43N3O.ClH/c1-20(2)9-8-10-21(3)19-22-11-13-23(14-12-22)24(28)25-15-17-27(6,7)18-16-26(4)5;/h11-14,20-21H,8-10,15-19H2,1-7H3;1H/p+1. The number of amides is 1. The predicted molar refractivity (Wildman–Crippen MR) is 128 cm³/mol. The predicted octanol–water partition coefficient (Wildman–Crippen LogP) is 4.48. The molecule has 0 spiro atoms. The molecule has 0 aliphatic rings. The Labute approximate surface area is 186 Å². The molecule has 168 valence electrons. The first-order valence-corrected chi connectivity index (χ1v) is 10.9. The average molecular weight is 427 g/mol. The van der Waals surface area contributed by atoms with Crippen LogP contribution in [0.5, 0.6) is 0 Å². The second-order valence-corrected chi connectivity index (χ2v) is 9.77. The number of likely N-dealkylation sites (N-methyl/N-ethyl adjacent to an activating group) is 2. The summed E-state index contributed by atoms with van der Waals surface area (Å²) in [6, 6.07) is 8.17. The molecule has 29 heavy (non-hydrogen) atoms. The lowest BCUT2D eigenvalue weighted by Gasteiger charge is -2.31. The Morgan fingerprint density at radius 1 is 1.03 bits per heavy atom. The minimum Gasteiger partial charge on any atom is -0.346 e. The van der Waals surface area contributed by atoms with Crippen molar-refractivity contribution in [2.75, 3.05) is 54.4 Å². The molecule has 0 heterocycles. The van der Waals surface area contributed by atoms with Crippen LogP contribution in [0.25, 0.3) is 0 Å². The highest BCUT2D eigenvalue weighted by atomic mass is 35.5. The maximum atomic E-state index is 12.4. The summed E-state index contributed by atoms with van der Waals surface area (Å²) in [5.41, 5.74) is 2.09. The first-order chi connectivity index (χ1) is 13.1. The Balaban J connectivity index is 0.00000784. The van der Waals surface area contributed by atoms with Gasteiger partial charge in [-0.2, -0.15) is 0 Å². The highest BCUT2D eigenvalue weighted by molar-refractivity contribution is 5.94. The maximum Gasteiger partial charge on any atom is 0.251 e. The topological polar surface area (TPSA) is 32.3 Å². The van der Waals surface area contributed by atoms with Gasteiger partial charge in [-0.1, -0.05) is 52.2 Å². The van der Waals surface area contributed by atoms with Crippen molar-refractivity contribution in [3.63, 3.8) is 0 Å². The molecule has 5 heteroatoms. The van der Waals surface area contributed by atoms with E-state index in [-0.39, 0.29) is 18.3 Å². The van der Waals surface area contributed by atoms with Gasteiger partial charge in [0.2, 0.25) is 0 Å². The minimum atomic E-state index is 0. The fourth-order valence-electron chi connectivity index (χ4n) is 3.33. The third-order valence-electron chi connectivity index (χ3n) is 5.43. The highest BCUT2D eigenvalue weighted by Crippen LogP contribution is 2.17. The van der Waals surface area contributed by atoms with E-state index in [9.17, 15) is 4.79 Å². The third-order valence-corrected chi connectivity index (χ3v) is 5.43. The van der Waals surface area contributed by atoms with E-state index in [1.54, 1.807) is 0 Å². The summed E-state index contributed by atoms with van der Waals surface area (Å²) in [5.74, 6) is 1.52. The largest absolute Gasteiger partial charge is 0.346 e. The van der Waals surface area contributed by atoms with E-state index in [0.717, 1.165) is 42.0 Å². The summed E-state index contributed by atoms with van der Waals surface area (Å²) in [5, 5.41) is 3.07. The van der Waals surface area contributed by atoms with Crippen molar-refractivity contribution in [1.29, 1.82) is 0 Å². The molecule has 0 bridgehead atoms. The van der Waals surface area contributed by atoms with Gasteiger partial charge in [-0.05, 0) is 50.0 Å². The van der Waals surface area contributed by atoms with Crippen molar-refractivity contribution < 1.29 is 9.28 Å². The van der Waals surface area contributed by atoms with Gasteiger partial charge in [0.1, 0.15) is 0 Å². The average Bonchev–Trinajstić information content (AvgIpc) is 2.60. The van der Waals surface area contributed by atoms with Crippen LogP contribution >= 0.6 is 12.4 Å². The molecule has 0 aromatic heterocycles. The van der Waals surface area contributed by atoms with Crippen LogP contribution in [0.1, 0.15) is 56.0 Å². The molecule has 1 N–H and O–H groups in total. The molecular formula is C24H45ClN3O+. The molecule has 0 saturated heterocycles. The van der Waals surface area contributed by atoms with Crippen molar-refractivity contribution in [2.45, 2.75) is 46.5 Å². The molecule has 0 radical (unpaired) electrons. The SMILES string of the molecule is CC(C)CCCC(C)Cc1ccc(C(=O)NCC[N+](C)(C)CCN(C)C)cc1.Cl. The van der Waals surface area contributed by atoms with Crippen LogP contribution in [-0.4, -0.2) is 69.7 Å². The van der Waals surface area contributed by atoms with Gasteiger partial charge in [0.25, 0.3) is 5.91 Å². The monoisotopic (exact) mass is 426 g/mol. The normalized spacial score (nSPS) is 12.7. The summed E-state index contributed by atoms with van der Waals surface area (Å²) >= 11 is 0. The summed E-state index contributed by atoms with van der Waals surface area (Å²) in [6.45, 7) is 10.7. The zero-order chi connectivity index (χ0) is 21.2. The summed E-state index contributed by atoms with van der Waals surface area (Å²) in [6.07, 6.45) is 5.00. The van der Waals surface area contributed by atoms with Gasteiger partial charge in [0.05, 0.1) is 33.7 Å². The van der Waals surface area contributed by atoms with Gasteiger partial charge in [-0.25, -0.2) is 0 Å². The number of benzene rings is 1. The van der Waals surface area contributed by atoms with Crippen LogP contribution in [0.4, 0.5) is 0 Å². The van der Waals surface area contributed by atoms with Crippen LogP contribution in [0.2, 0.25) is 0 Å². The van der Waals surface area contributed by atoms with E-state index in [2.05, 4.69) is 71.3 Å². The quantitative estimate of drug-likeness (QED) is 0.471. The van der Waals surface area contributed by atoms with Gasteiger partial charge in [-0.15, -0.1) is 12.4 Å². The molecule has 1 rings (SSSR count). The summed E-state index contributed by atoms with van der Waals surface area (Å²) in [7, 11) is 8.62. The summed E-state index contributed by atoms with van der Waals surface area (Å²) < 4.78 is 0.909. The molecule has 0 aliphatic carbocycles. The number of quaternary nitrogens is 1. The van der Waals surface area contributed by atoms with Crippen LogP contribution in [0.15, 0.2) is 24.3 Å². The fraction of sp³-hybridized carbons (Fsp3) is 0.708. The molecule has 1 aromatic carbocycles. The Morgan fingerprint density at radius 2 is 1.66 bits per heavy atom. The number of rotatable bonds is 13. The van der Waals surface area contributed by atoms with E-state index in [1.807, 2.05) is 12.1 Å². The zero-order valence-corrected chi connectivity index (χ0v) is 20.6. The lowest BCUT2D eigenvalue weighted by Crippen LogP contribution is -2.48. The molecule has 1 unspecified atom stereocenters. The Bertz CT molecular complexity index is 570. The number of hydrogen-bond donors (Lipinski definition) is 1. The van der Waals surface area contributed by atoms with Crippen LogP contribution in [0, 0.1) is 11.8 Å². The highest BCUT2D eigenvalue weighted by Gasteiger charge is 2.15. The van der Waals surface area contributed by atoms with Crippen molar-refractivity contribution >= 4 is 18.3 Å². The molecule has 1 amide bonds. The lowest BCUT2D eigenvalue weighted by molar-refractivity contribution is -0.888. The molecule has 4 nitrogen and oxygen atoms in total. The molecular weight excluding hydrogens is 382 g/mol. The molecule has 0 aliphatic heterocycles. The Morgan fingerprint density at radius 3 is 2.21 bits per heavy atom. The van der Waals surface area contributed by atoms with Crippen molar-refractivity contribution in [1.82, 2.24) is 10.2 Å². The molecule has 1 aromatic rings. The first kappa shape index (κ1) is 27.9. The van der Waals surface area contributed by atoms with E-state index >= 15 is 0 Å². The second-order valence-electron chi connectivity index (χ2n) is 9.77. The lowest BCUT2D eigenvalue weighted by atomic mass is 9.93.